The zero-order valence-corrected chi connectivity index (χ0v) is 19.6. The molecule has 0 saturated carbocycles. The summed E-state index contributed by atoms with van der Waals surface area (Å²) in [6.45, 7) is 1.30. The monoisotopic (exact) mass is 481 g/mol. The van der Waals surface area contributed by atoms with E-state index >= 15 is 0 Å². The normalized spacial score (nSPS) is 14.4. The summed E-state index contributed by atoms with van der Waals surface area (Å²) in [4.78, 5) is 27.6. The van der Waals surface area contributed by atoms with Gasteiger partial charge in [0, 0.05) is 6.07 Å². The Balaban J connectivity index is 1.71. The van der Waals surface area contributed by atoms with Gasteiger partial charge in [-0.25, -0.2) is 13.2 Å². The molecule has 0 spiro atoms. The predicted molar refractivity (Wildman–Crippen MR) is 128 cm³/mol. The van der Waals surface area contributed by atoms with Crippen LogP contribution in [0.3, 0.4) is 0 Å². The van der Waals surface area contributed by atoms with Crippen molar-refractivity contribution in [2.24, 2.45) is 0 Å². The highest BCUT2D eigenvalue weighted by molar-refractivity contribution is 7.94. The molecule has 0 atom stereocenters. The molecular formula is C24H23N3O6S. The van der Waals surface area contributed by atoms with E-state index in [-0.39, 0.29) is 16.3 Å². The lowest BCUT2D eigenvalue weighted by atomic mass is 10.2. The Hall–Kier alpha value is -4.05. The first kappa shape index (κ1) is 23.1. The van der Waals surface area contributed by atoms with E-state index in [2.05, 4.69) is 5.32 Å². The zero-order chi connectivity index (χ0) is 24.5. The van der Waals surface area contributed by atoms with Crippen molar-refractivity contribution in [3.63, 3.8) is 0 Å². The van der Waals surface area contributed by atoms with Gasteiger partial charge in [0.15, 0.2) is 0 Å². The molecule has 0 unspecified atom stereocenters. The number of hydrogen-bond donors (Lipinski definition) is 1. The van der Waals surface area contributed by atoms with Crippen molar-refractivity contribution in [2.45, 2.75) is 11.8 Å². The van der Waals surface area contributed by atoms with E-state index in [9.17, 15) is 18.0 Å². The molecule has 1 aliphatic rings. The third kappa shape index (κ3) is 4.03. The van der Waals surface area contributed by atoms with Gasteiger partial charge in [-0.2, -0.15) is 4.31 Å². The second-order valence-electron chi connectivity index (χ2n) is 7.51. The SMILES string of the molecule is COc1ccc(NC(=O)CN2C(=O)N(c3ccccc3C)S(=O)(=O)c3ccccc32)c(OC)c1. The molecular weight excluding hydrogens is 458 g/mol. The summed E-state index contributed by atoms with van der Waals surface area (Å²) < 4.78 is 38.0. The van der Waals surface area contributed by atoms with E-state index in [1.165, 1.54) is 26.4 Å². The van der Waals surface area contributed by atoms with Crippen LogP contribution in [0.2, 0.25) is 0 Å². The van der Waals surface area contributed by atoms with Gasteiger partial charge in [0.1, 0.15) is 22.9 Å². The van der Waals surface area contributed by atoms with Crippen molar-refractivity contribution in [3.05, 3.63) is 72.3 Å². The minimum absolute atomic E-state index is 0.0623. The fourth-order valence-electron chi connectivity index (χ4n) is 3.72. The first-order chi connectivity index (χ1) is 16.3. The number of amides is 3. The van der Waals surface area contributed by atoms with Gasteiger partial charge in [-0.15, -0.1) is 0 Å². The number of ether oxygens (including phenoxy) is 2. The molecule has 0 bridgehead atoms. The molecule has 9 nitrogen and oxygen atoms in total. The summed E-state index contributed by atoms with van der Waals surface area (Å²) in [7, 11) is -1.20. The quantitative estimate of drug-likeness (QED) is 0.574. The van der Waals surface area contributed by atoms with Crippen molar-refractivity contribution in [1.29, 1.82) is 0 Å². The Morgan fingerprint density at radius 3 is 2.29 bits per heavy atom. The summed E-state index contributed by atoms with van der Waals surface area (Å²) >= 11 is 0. The molecule has 0 radical (unpaired) electrons. The molecule has 1 aliphatic heterocycles. The molecule has 1 heterocycles. The summed E-state index contributed by atoms with van der Waals surface area (Å²) in [5, 5.41) is 2.72. The second-order valence-corrected chi connectivity index (χ2v) is 9.26. The summed E-state index contributed by atoms with van der Waals surface area (Å²) in [5.74, 6) is 0.395. The number of benzene rings is 3. The molecule has 0 saturated heterocycles. The van der Waals surface area contributed by atoms with E-state index in [4.69, 9.17) is 9.47 Å². The average Bonchev–Trinajstić information content (AvgIpc) is 2.83. The number of nitrogens with zero attached hydrogens (tertiary/aromatic N) is 2. The van der Waals surface area contributed by atoms with Crippen LogP contribution in [0.4, 0.5) is 21.9 Å². The van der Waals surface area contributed by atoms with Gasteiger partial charge in [0.05, 0.1) is 31.3 Å². The van der Waals surface area contributed by atoms with Crippen LogP contribution < -0.4 is 24.0 Å². The van der Waals surface area contributed by atoms with Crippen LogP contribution in [-0.2, 0) is 14.8 Å². The Morgan fingerprint density at radius 2 is 1.62 bits per heavy atom. The topological polar surface area (TPSA) is 105 Å². The van der Waals surface area contributed by atoms with E-state index < -0.39 is 28.5 Å². The Labute approximate surface area is 197 Å². The first-order valence-corrected chi connectivity index (χ1v) is 11.8. The Bertz CT molecular complexity index is 1370. The number of sulfonamides is 1. The summed E-state index contributed by atoms with van der Waals surface area (Å²) in [5.41, 5.74) is 1.35. The number of para-hydroxylation sites is 2. The molecule has 1 N–H and O–H groups in total. The largest absolute Gasteiger partial charge is 0.497 e. The second kappa shape index (κ2) is 9.06. The minimum Gasteiger partial charge on any atom is -0.497 e. The number of urea groups is 1. The highest BCUT2D eigenvalue weighted by Crippen LogP contribution is 2.38. The van der Waals surface area contributed by atoms with Crippen LogP contribution >= 0.6 is 0 Å². The van der Waals surface area contributed by atoms with Crippen LogP contribution in [0.15, 0.2) is 71.6 Å². The van der Waals surface area contributed by atoms with E-state index in [0.29, 0.717) is 22.7 Å². The fraction of sp³-hybridized carbons (Fsp3) is 0.167. The molecule has 0 fully saturated rings. The third-order valence-electron chi connectivity index (χ3n) is 5.40. The number of hydrogen-bond acceptors (Lipinski definition) is 6. The van der Waals surface area contributed by atoms with Crippen molar-refractivity contribution < 1.29 is 27.5 Å². The number of fused-ring (bicyclic) bond motifs is 1. The van der Waals surface area contributed by atoms with Crippen molar-refractivity contribution in [2.75, 3.05) is 35.3 Å². The highest BCUT2D eigenvalue weighted by atomic mass is 32.2. The Kier molecular flexibility index (Phi) is 6.16. The molecule has 3 aromatic carbocycles. The minimum atomic E-state index is -4.18. The maximum absolute atomic E-state index is 13.5. The standard InChI is InChI=1S/C24H23N3O6S/c1-16-8-4-5-9-19(16)27-24(29)26(20-10-6-7-11-22(20)34(27,30)31)15-23(28)25-18-13-12-17(32-2)14-21(18)33-3/h4-14H,15H2,1-3H3,(H,25,28). The molecule has 10 heteroatoms. The van der Waals surface area contributed by atoms with Gasteiger partial charge in [-0.3, -0.25) is 9.69 Å². The third-order valence-corrected chi connectivity index (χ3v) is 7.13. The van der Waals surface area contributed by atoms with Crippen LogP contribution in [0, 0.1) is 6.92 Å². The first-order valence-electron chi connectivity index (χ1n) is 10.3. The van der Waals surface area contributed by atoms with E-state index in [1.807, 2.05) is 0 Å². The maximum atomic E-state index is 13.5. The number of nitrogens with one attached hydrogen (secondary N) is 1. The highest BCUT2D eigenvalue weighted by Gasteiger charge is 2.43. The average molecular weight is 482 g/mol. The molecule has 3 aromatic rings. The lowest BCUT2D eigenvalue weighted by molar-refractivity contribution is -0.114. The lowest BCUT2D eigenvalue weighted by Gasteiger charge is -2.36. The maximum Gasteiger partial charge on any atom is 0.343 e. The number of rotatable bonds is 6. The van der Waals surface area contributed by atoms with E-state index in [0.717, 1.165) is 9.21 Å². The molecule has 34 heavy (non-hydrogen) atoms. The molecule has 4 rings (SSSR count). The lowest BCUT2D eigenvalue weighted by Crippen LogP contribution is -2.53. The van der Waals surface area contributed by atoms with Gasteiger partial charge in [0.2, 0.25) is 5.91 Å². The number of carbonyl (C=O) groups is 2. The summed E-state index contributed by atoms with van der Waals surface area (Å²) in [6.07, 6.45) is 0. The van der Waals surface area contributed by atoms with Gasteiger partial charge >= 0.3 is 6.03 Å². The van der Waals surface area contributed by atoms with Crippen molar-refractivity contribution >= 4 is 39.0 Å². The molecule has 3 amide bonds. The van der Waals surface area contributed by atoms with E-state index in [1.54, 1.807) is 61.5 Å². The van der Waals surface area contributed by atoms with Crippen molar-refractivity contribution in [1.82, 2.24) is 0 Å². The van der Waals surface area contributed by atoms with Gasteiger partial charge < -0.3 is 14.8 Å². The van der Waals surface area contributed by atoms with Crippen LogP contribution in [0.5, 0.6) is 11.5 Å². The molecule has 0 aliphatic carbocycles. The van der Waals surface area contributed by atoms with Crippen LogP contribution in [0.1, 0.15) is 5.56 Å². The van der Waals surface area contributed by atoms with Gasteiger partial charge in [-0.05, 0) is 42.8 Å². The summed E-state index contributed by atoms with van der Waals surface area (Å²) in [6, 6.07) is 16.8. The fourth-order valence-corrected chi connectivity index (χ4v) is 5.38. The number of methoxy groups -OCH3 is 2. The Morgan fingerprint density at radius 1 is 0.941 bits per heavy atom. The van der Waals surface area contributed by atoms with Crippen LogP contribution in [-0.4, -0.2) is 41.1 Å². The molecule has 0 aromatic heterocycles. The predicted octanol–water partition coefficient (Wildman–Crippen LogP) is 3.79. The zero-order valence-electron chi connectivity index (χ0n) is 18.8. The number of aryl methyl sites for hydroxylation is 1. The number of anilines is 3. The van der Waals surface area contributed by atoms with Crippen LogP contribution in [0.25, 0.3) is 0 Å². The molecule has 176 valence electrons. The number of carbonyl (C=O) groups excluding carboxylic acids is 2. The smallest absolute Gasteiger partial charge is 0.343 e. The van der Waals surface area contributed by atoms with Gasteiger partial charge in [-0.1, -0.05) is 30.3 Å². The van der Waals surface area contributed by atoms with Crippen molar-refractivity contribution in [3.8, 4) is 11.5 Å². The van der Waals surface area contributed by atoms with Gasteiger partial charge in [0.25, 0.3) is 10.0 Å².